The molecule has 0 fully saturated rings. The summed E-state index contributed by atoms with van der Waals surface area (Å²) in [5, 5.41) is 11.8. The van der Waals surface area contributed by atoms with Crippen LogP contribution in [-0.4, -0.2) is 29.1 Å². The summed E-state index contributed by atoms with van der Waals surface area (Å²) in [7, 11) is 0. The fraction of sp³-hybridized carbons (Fsp3) is 0.556. The van der Waals surface area contributed by atoms with Gasteiger partial charge in [0.2, 0.25) is 0 Å². The molecule has 1 aromatic rings. The Morgan fingerprint density at radius 1 is 1.09 bits per heavy atom. The van der Waals surface area contributed by atoms with Gasteiger partial charge in [-0.25, -0.2) is 4.79 Å². The first-order chi connectivity index (χ1) is 10.6. The molecule has 0 aromatic heterocycles. The summed E-state index contributed by atoms with van der Waals surface area (Å²) >= 11 is 0. The summed E-state index contributed by atoms with van der Waals surface area (Å²) in [5.74, 6) is -1.08. The maximum absolute atomic E-state index is 12.5. The quantitative estimate of drug-likeness (QED) is 0.809. The van der Waals surface area contributed by atoms with Gasteiger partial charge in [-0.1, -0.05) is 39.8 Å². The van der Waals surface area contributed by atoms with Crippen LogP contribution in [0.2, 0.25) is 0 Å². The van der Waals surface area contributed by atoms with Crippen molar-refractivity contribution in [3.63, 3.8) is 0 Å². The highest BCUT2D eigenvalue weighted by molar-refractivity contribution is 5.86. The number of aliphatic carboxylic acids is 1. The highest BCUT2D eigenvalue weighted by Crippen LogP contribution is 2.23. The van der Waals surface area contributed by atoms with E-state index >= 15 is 0 Å². The van der Waals surface area contributed by atoms with Crippen LogP contribution in [0.5, 0.6) is 5.75 Å². The molecule has 128 valence electrons. The van der Waals surface area contributed by atoms with Gasteiger partial charge in [-0.2, -0.15) is 0 Å². The number of nitrogens with one attached hydrogen (secondary N) is 1. The van der Waals surface area contributed by atoms with Gasteiger partial charge < -0.3 is 15.2 Å². The van der Waals surface area contributed by atoms with Crippen molar-refractivity contribution in [2.45, 2.75) is 53.7 Å². The normalized spacial score (nSPS) is 13.7. The number of carboxylic acids is 1. The van der Waals surface area contributed by atoms with Gasteiger partial charge in [0, 0.05) is 0 Å². The number of hydrogen-bond acceptors (Lipinski definition) is 3. The Kier molecular flexibility index (Phi) is 6.61. The lowest BCUT2D eigenvalue weighted by molar-refractivity contribution is -0.144. The highest BCUT2D eigenvalue weighted by atomic mass is 16.5. The van der Waals surface area contributed by atoms with Gasteiger partial charge in [-0.05, 0) is 42.9 Å². The first kappa shape index (κ1) is 19.0. The SMILES string of the molecule is Cc1cccc(OC(C(=O)NC(C(=O)O)C(C)C)C(C)C)c1C. The molecule has 0 aliphatic heterocycles. The Labute approximate surface area is 138 Å². The molecular weight excluding hydrogens is 294 g/mol. The second-order valence-electron chi connectivity index (χ2n) is 6.55. The number of amides is 1. The molecule has 0 heterocycles. The monoisotopic (exact) mass is 321 g/mol. The topological polar surface area (TPSA) is 75.6 Å². The average molecular weight is 321 g/mol. The third-order valence-corrected chi connectivity index (χ3v) is 3.90. The Hall–Kier alpha value is -2.04. The van der Waals surface area contributed by atoms with Crippen LogP contribution >= 0.6 is 0 Å². The summed E-state index contributed by atoms with van der Waals surface area (Å²) in [6, 6.07) is 4.75. The standard InChI is InChI=1S/C18H27NO4/c1-10(2)15(18(21)22)19-17(20)16(11(3)4)23-14-9-7-8-12(5)13(14)6/h7-11,15-16H,1-6H3,(H,19,20)(H,21,22). The van der Waals surface area contributed by atoms with E-state index in [0.717, 1.165) is 11.1 Å². The van der Waals surface area contributed by atoms with Gasteiger partial charge in [0.1, 0.15) is 11.8 Å². The summed E-state index contributed by atoms with van der Waals surface area (Å²) < 4.78 is 5.90. The van der Waals surface area contributed by atoms with Crippen molar-refractivity contribution in [2.75, 3.05) is 0 Å². The third kappa shape index (κ3) is 4.98. The van der Waals surface area contributed by atoms with Crippen molar-refractivity contribution in [3.8, 4) is 5.75 Å². The average Bonchev–Trinajstić information content (AvgIpc) is 2.44. The van der Waals surface area contributed by atoms with Gasteiger partial charge in [0.15, 0.2) is 6.10 Å². The maximum Gasteiger partial charge on any atom is 0.326 e. The lowest BCUT2D eigenvalue weighted by atomic mass is 10.0. The van der Waals surface area contributed by atoms with Crippen LogP contribution in [0.1, 0.15) is 38.8 Å². The molecule has 2 unspecified atom stereocenters. The van der Waals surface area contributed by atoms with E-state index in [-0.39, 0.29) is 11.8 Å². The van der Waals surface area contributed by atoms with Gasteiger partial charge >= 0.3 is 5.97 Å². The second kappa shape index (κ2) is 7.99. The number of carboxylic acid groups (broad SMARTS) is 1. The van der Waals surface area contributed by atoms with Gasteiger partial charge in [0.05, 0.1) is 0 Å². The molecule has 0 bridgehead atoms. The van der Waals surface area contributed by atoms with Crippen LogP contribution in [0.25, 0.3) is 0 Å². The Morgan fingerprint density at radius 2 is 1.70 bits per heavy atom. The molecule has 2 atom stereocenters. The fourth-order valence-electron chi connectivity index (χ4n) is 2.23. The molecule has 5 nitrogen and oxygen atoms in total. The number of hydrogen-bond donors (Lipinski definition) is 2. The van der Waals surface area contributed by atoms with Crippen LogP contribution in [0, 0.1) is 25.7 Å². The largest absolute Gasteiger partial charge is 0.480 e. The minimum Gasteiger partial charge on any atom is -0.480 e. The predicted octanol–water partition coefficient (Wildman–Crippen LogP) is 2.93. The summed E-state index contributed by atoms with van der Waals surface area (Å²) in [6.45, 7) is 11.2. The van der Waals surface area contributed by atoms with E-state index in [1.807, 2.05) is 45.9 Å². The number of aryl methyl sites for hydroxylation is 1. The van der Waals surface area contributed by atoms with Crippen molar-refractivity contribution >= 4 is 11.9 Å². The van der Waals surface area contributed by atoms with Gasteiger partial charge in [-0.3, -0.25) is 4.79 Å². The van der Waals surface area contributed by atoms with E-state index < -0.39 is 24.0 Å². The third-order valence-electron chi connectivity index (χ3n) is 3.90. The molecule has 0 radical (unpaired) electrons. The molecule has 0 saturated heterocycles. The van der Waals surface area contributed by atoms with Crippen molar-refractivity contribution in [1.29, 1.82) is 0 Å². The Balaban J connectivity index is 2.96. The van der Waals surface area contributed by atoms with Crippen LogP contribution in [0.3, 0.4) is 0 Å². The summed E-state index contributed by atoms with van der Waals surface area (Å²) in [6.07, 6.45) is -0.740. The minimum atomic E-state index is -1.04. The van der Waals surface area contributed by atoms with E-state index in [0.29, 0.717) is 5.75 Å². The summed E-state index contributed by atoms with van der Waals surface area (Å²) in [5.41, 5.74) is 2.06. The number of benzene rings is 1. The van der Waals surface area contributed by atoms with Crippen LogP contribution in [-0.2, 0) is 9.59 Å². The number of ether oxygens (including phenoxy) is 1. The number of carbonyl (C=O) groups excluding carboxylic acids is 1. The lowest BCUT2D eigenvalue weighted by Gasteiger charge is -2.26. The zero-order chi connectivity index (χ0) is 17.7. The van der Waals surface area contributed by atoms with Crippen LogP contribution in [0.15, 0.2) is 18.2 Å². The zero-order valence-corrected chi connectivity index (χ0v) is 14.7. The highest BCUT2D eigenvalue weighted by Gasteiger charge is 2.30. The van der Waals surface area contributed by atoms with Crippen molar-refractivity contribution in [2.24, 2.45) is 11.8 Å². The maximum atomic E-state index is 12.5. The first-order valence-electron chi connectivity index (χ1n) is 7.91. The molecule has 1 rings (SSSR count). The van der Waals surface area contributed by atoms with Crippen LogP contribution in [0.4, 0.5) is 0 Å². The van der Waals surface area contributed by atoms with E-state index in [1.165, 1.54) is 0 Å². The molecule has 0 aliphatic rings. The van der Waals surface area contributed by atoms with Gasteiger partial charge in [-0.15, -0.1) is 0 Å². The molecule has 23 heavy (non-hydrogen) atoms. The van der Waals surface area contributed by atoms with E-state index in [1.54, 1.807) is 13.8 Å². The molecule has 5 heteroatoms. The molecule has 1 amide bonds. The molecule has 1 aromatic carbocycles. The molecule has 2 N–H and O–H groups in total. The zero-order valence-electron chi connectivity index (χ0n) is 14.7. The molecule has 0 saturated carbocycles. The number of rotatable bonds is 7. The molecule has 0 spiro atoms. The van der Waals surface area contributed by atoms with Crippen molar-refractivity contribution in [1.82, 2.24) is 5.32 Å². The smallest absolute Gasteiger partial charge is 0.326 e. The number of carbonyl (C=O) groups is 2. The lowest BCUT2D eigenvalue weighted by Crippen LogP contribution is -2.51. The Bertz CT molecular complexity index is 566. The van der Waals surface area contributed by atoms with Crippen molar-refractivity contribution in [3.05, 3.63) is 29.3 Å². The van der Waals surface area contributed by atoms with Crippen LogP contribution < -0.4 is 10.1 Å². The van der Waals surface area contributed by atoms with Crippen molar-refractivity contribution < 1.29 is 19.4 Å². The van der Waals surface area contributed by atoms with E-state index in [9.17, 15) is 14.7 Å². The fourth-order valence-corrected chi connectivity index (χ4v) is 2.23. The van der Waals surface area contributed by atoms with Gasteiger partial charge in [0.25, 0.3) is 5.91 Å². The molecular formula is C18H27NO4. The first-order valence-corrected chi connectivity index (χ1v) is 7.91. The minimum absolute atomic E-state index is 0.0866. The predicted molar refractivity (Wildman–Crippen MR) is 89.6 cm³/mol. The Morgan fingerprint density at radius 3 is 2.17 bits per heavy atom. The molecule has 0 aliphatic carbocycles. The van der Waals surface area contributed by atoms with E-state index in [4.69, 9.17) is 4.74 Å². The second-order valence-corrected chi connectivity index (χ2v) is 6.55. The van der Waals surface area contributed by atoms with E-state index in [2.05, 4.69) is 5.32 Å². The summed E-state index contributed by atoms with van der Waals surface area (Å²) in [4.78, 5) is 23.8.